The third-order valence-electron chi connectivity index (χ3n) is 6.21. The fourth-order valence-electron chi connectivity index (χ4n) is 4.23. The first kappa shape index (κ1) is 20.3. The summed E-state index contributed by atoms with van der Waals surface area (Å²) >= 11 is 0. The molecule has 5 aromatic rings. The number of piperazine rings is 1. The average Bonchev–Trinajstić information content (AvgIpc) is 3.51. The number of hydrogen-bond acceptors (Lipinski definition) is 7. The summed E-state index contributed by atoms with van der Waals surface area (Å²) in [6.45, 7) is 3.93. The number of carbonyl (C=O) groups is 1. The number of hydrogen-bond donors (Lipinski definition) is 2. The molecule has 1 fully saturated rings. The van der Waals surface area contributed by atoms with Gasteiger partial charge >= 0.3 is 0 Å². The quantitative estimate of drug-likeness (QED) is 0.431. The number of likely N-dealkylation sites (N-methyl/N-ethyl adjacent to an activating group) is 1. The molecular weight excluding hydrogens is 430 g/mol. The van der Waals surface area contributed by atoms with Crippen LogP contribution in [0.15, 0.2) is 61.4 Å². The normalized spacial score (nSPS) is 14.7. The van der Waals surface area contributed by atoms with Gasteiger partial charge in [-0.05, 0) is 37.4 Å². The minimum Gasteiger partial charge on any atom is -0.354 e. The van der Waals surface area contributed by atoms with E-state index in [2.05, 4.69) is 47.2 Å². The Morgan fingerprint density at radius 3 is 2.74 bits per heavy atom. The second kappa shape index (κ2) is 8.23. The first-order valence-electron chi connectivity index (χ1n) is 11.1. The zero-order valence-electron chi connectivity index (χ0n) is 18.6. The van der Waals surface area contributed by atoms with E-state index in [4.69, 9.17) is 0 Å². The fraction of sp³-hybridized carbons (Fsp3) is 0.208. The van der Waals surface area contributed by atoms with Crippen molar-refractivity contribution in [3.05, 3.63) is 67.0 Å². The van der Waals surface area contributed by atoms with Crippen LogP contribution in [0.5, 0.6) is 0 Å². The summed E-state index contributed by atoms with van der Waals surface area (Å²) in [5, 5.41) is 7.99. The molecule has 0 saturated carbocycles. The average molecular weight is 454 g/mol. The van der Waals surface area contributed by atoms with Crippen molar-refractivity contribution in [2.75, 3.05) is 43.4 Å². The Bertz CT molecular complexity index is 1480. The van der Waals surface area contributed by atoms with Crippen molar-refractivity contribution in [3.8, 4) is 11.1 Å². The number of H-pyrrole nitrogens is 1. The van der Waals surface area contributed by atoms with Crippen molar-refractivity contribution in [2.45, 2.75) is 0 Å². The van der Waals surface area contributed by atoms with Gasteiger partial charge < -0.3 is 20.1 Å². The van der Waals surface area contributed by atoms with E-state index in [9.17, 15) is 4.79 Å². The molecule has 2 N–H and O–H groups in total. The molecule has 0 bridgehead atoms. The molecule has 1 saturated heterocycles. The van der Waals surface area contributed by atoms with Crippen LogP contribution >= 0.6 is 0 Å². The molecular formula is C24H23N9O. The van der Waals surface area contributed by atoms with Gasteiger partial charge in [0, 0.05) is 61.3 Å². The lowest BCUT2D eigenvalue weighted by atomic mass is 10.1. The molecule has 0 atom stereocenters. The number of aromatic nitrogens is 6. The molecule has 0 radical (unpaired) electrons. The topological polar surface area (TPSA) is 107 Å². The summed E-state index contributed by atoms with van der Waals surface area (Å²) in [5.41, 5.74) is 4.49. The highest BCUT2D eigenvalue weighted by molar-refractivity contribution is 6.07. The predicted molar refractivity (Wildman–Crippen MR) is 130 cm³/mol. The Morgan fingerprint density at radius 2 is 1.91 bits per heavy atom. The zero-order chi connectivity index (χ0) is 23.1. The van der Waals surface area contributed by atoms with Gasteiger partial charge in [-0.1, -0.05) is 0 Å². The van der Waals surface area contributed by atoms with E-state index in [1.165, 1.54) is 6.33 Å². The van der Waals surface area contributed by atoms with Gasteiger partial charge in [0.15, 0.2) is 5.65 Å². The van der Waals surface area contributed by atoms with Gasteiger partial charge in [-0.3, -0.25) is 4.79 Å². The van der Waals surface area contributed by atoms with Gasteiger partial charge in [-0.25, -0.2) is 19.5 Å². The van der Waals surface area contributed by atoms with Crippen LogP contribution in [0, 0.1) is 0 Å². The number of anilines is 2. The van der Waals surface area contributed by atoms with E-state index in [0.717, 1.165) is 54.2 Å². The first-order chi connectivity index (χ1) is 16.6. The monoisotopic (exact) mass is 453 g/mol. The summed E-state index contributed by atoms with van der Waals surface area (Å²) in [6.07, 6.45) is 8.59. The van der Waals surface area contributed by atoms with Crippen LogP contribution in [-0.4, -0.2) is 73.6 Å². The van der Waals surface area contributed by atoms with Gasteiger partial charge in [0.1, 0.15) is 17.8 Å². The number of pyridine rings is 3. The number of rotatable bonds is 4. The molecule has 6 rings (SSSR count). The number of amides is 1. The molecule has 1 amide bonds. The second-order valence-corrected chi connectivity index (χ2v) is 8.45. The zero-order valence-corrected chi connectivity index (χ0v) is 18.6. The second-order valence-electron chi connectivity index (χ2n) is 8.45. The van der Waals surface area contributed by atoms with Crippen LogP contribution in [0.4, 0.5) is 11.5 Å². The number of aromatic amines is 1. The molecule has 6 heterocycles. The van der Waals surface area contributed by atoms with E-state index in [-0.39, 0.29) is 5.91 Å². The van der Waals surface area contributed by atoms with Gasteiger partial charge in [-0.15, -0.1) is 0 Å². The minimum atomic E-state index is -0.234. The molecule has 0 aromatic carbocycles. The lowest BCUT2D eigenvalue weighted by Crippen LogP contribution is -2.44. The maximum atomic E-state index is 13.0. The van der Waals surface area contributed by atoms with Crippen molar-refractivity contribution in [3.63, 3.8) is 0 Å². The van der Waals surface area contributed by atoms with Crippen LogP contribution in [0.2, 0.25) is 0 Å². The Balaban J connectivity index is 1.22. The number of nitrogens with one attached hydrogen (secondary N) is 2. The van der Waals surface area contributed by atoms with Crippen molar-refractivity contribution in [1.82, 2.24) is 34.4 Å². The molecule has 0 aliphatic carbocycles. The smallest absolute Gasteiger partial charge is 0.257 e. The highest BCUT2D eigenvalue weighted by Gasteiger charge is 2.16. The van der Waals surface area contributed by atoms with Crippen LogP contribution in [0.3, 0.4) is 0 Å². The Morgan fingerprint density at radius 1 is 1.03 bits per heavy atom. The molecule has 10 nitrogen and oxygen atoms in total. The van der Waals surface area contributed by atoms with Crippen LogP contribution in [0.25, 0.3) is 27.8 Å². The van der Waals surface area contributed by atoms with E-state index in [1.807, 2.05) is 42.7 Å². The number of fused-ring (bicyclic) bond motifs is 2. The Labute approximate surface area is 195 Å². The largest absolute Gasteiger partial charge is 0.354 e. The third kappa shape index (κ3) is 3.73. The standard InChI is InChI=1S/C24H23N9O/c1-31-6-8-32(9-7-31)21-5-3-18(12-25-21)30-24(34)17-10-19-20(13-27-23(19)26-11-17)16-2-4-22-28-15-29-33(22)14-16/h2-5,10-15H,6-9H2,1H3,(H,26,27)(H,30,34). The lowest BCUT2D eigenvalue weighted by Gasteiger charge is -2.33. The number of carbonyl (C=O) groups excluding carboxylic acids is 1. The summed E-state index contributed by atoms with van der Waals surface area (Å²) in [6, 6.07) is 9.57. The molecule has 34 heavy (non-hydrogen) atoms. The summed E-state index contributed by atoms with van der Waals surface area (Å²) in [7, 11) is 2.13. The van der Waals surface area contributed by atoms with E-state index >= 15 is 0 Å². The number of nitrogens with zero attached hydrogens (tertiary/aromatic N) is 7. The predicted octanol–water partition coefficient (Wildman–Crippen LogP) is 2.67. The summed E-state index contributed by atoms with van der Waals surface area (Å²) < 4.78 is 1.72. The maximum Gasteiger partial charge on any atom is 0.257 e. The molecule has 0 unspecified atom stereocenters. The summed E-state index contributed by atoms with van der Waals surface area (Å²) in [4.78, 5) is 33.9. The van der Waals surface area contributed by atoms with Crippen LogP contribution in [0.1, 0.15) is 10.4 Å². The Kier molecular flexibility index (Phi) is 4.92. The SMILES string of the molecule is CN1CCN(c2ccc(NC(=O)c3cnc4[nH]cc(-c5ccc6ncnn6c5)c4c3)cn2)CC1. The van der Waals surface area contributed by atoms with Gasteiger partial charge in [0.2, 0.25) is 0 Å². The molecule has 170 valence electrons. The summed E-state index contributed by atoms with van der Waals surface area (Å²) in [5.74, 6) is 0.693. The molecule has 0 spiro atoms. The van der Waals surface area contributed by atoms with Gasteiger partial charge in [0.05, 0.1) is 17.4 Å². The van der Waals surface area contributed by atoms with Crippen molar-refractivity contribution < 1.29 is 4.79 Å². The van der Waals surface area contributed by atoms with Crippen molar-refractivity contribution >= 4 is 34.1 Å². The van der Waals surface area contributed by atoms with Crippen molar-refractivity contribution in [2.24, 2.45) is 0 Å². The lowest BCUT2D eigenvalue weighted by molar-refractivity contribution is 0.102. The Hall–Kier alpha value is -4.31. The first-order valence-corrected chi connectivity index (χ1v) is 11.1. The highest BCUT2D eigenvalue weighted by Crippen LogP contribution is 2.28. The minimum absolute atomic E-state index is 0.234. The molecule has 10 heteroatoms. The molecule has 1 aliphatic rings. The van der Waals surface area contributed by atoms with Crippen LogP contribution < -0.4 is 10.2 Å². The molecule has 5 aromatic heterocycles. The van der Waals surface area contributed by atoms with Gasteiger partial charge in [-0.2, -0.15) is 5.10 Å². The van der Waals surface area contributed by atoms with E-state index < -0.39 is 0 Å². The van der Waals surface area contributed by atoms with E-state index in [0.29, 0.717) is 16.9 Å². The van der Waals surface area contributed by atoms with Crippen LogP contribution in [-0.2, 0) is 0 Å². The maximum absolute atomic E-state index is 13.0. The highest BCUT2D eigenvalue weighted by atomic mass is 16.1. The van der Waals surface area contributed by atoms with Gasteiger partial charge in [0.25, 0.3) is 5.91 Å². The third-order valence-corrected chi connectivity index (χ3v) is 6.21. The van der Waals surface area contributed by atoms with E-state index in [1.54, 1.807) is 16.9 Å². The molecule has 1 aliphatic heterocycles. The fourth-order valence-corrected chi connectivity index (χ4v) is 4.23. The van der Waals surface area contributed by atoms with Crippen molar-refractivity contribution in [1.29, 1.82) is 0 Å².